The van der Waals surface area contributed by atoms with Crippen LogP contribution in [0.5, 0.6) is 0 Å². The molecule has 98 valence electrons. The molecule has 0 radical (unpaired) electrons. The fourth-order valence-electron chi connectivity index (χ4n) is 1.91. The molecule has 0 aromatic rings. The predicted molar refractivity (Wildman–Crippen MR) is 69.2 cm³/mol. The van der Waals surface area contributed by atoms with Crippen LogP contribution in [0.15, 0.2) is 0 Å². The van der Waals surface area contributed by atoms with E-state index in [1.54, 1.807) is 16.7 Å². The molecule has 1 amide bonds. The lowest BCUT2D eigenvalue weighted by Crippen LogP contribution is -2.47. The lowest BCUT2D eigenvalue weighted by molar-refractivity contribution is -0.141. The minimum Gasteiger partial charge on any atom is -0.481 e. The maximum Gasteiger partial charge on any atom is 0.305 e. The minimum atomic E-state index is -0.828. The standard InChI is InChI=1S/C12H21NO3S/c1-12(2,3)7-10(14)13-4-5-17-8-9(13)6-11(15)16/h9H,4-8H2,1-3H3,(H,15,16). The number of carboxylic acids is 1. The number of hydrogen-bond acceptors (Lipinski definition) is 3. The van der Waals surface area contributed by atoms with E-state index in [-0.39, 0.29) is 23.8 Å². The first-order chi connectivity index (χ1) is 7.79. The third-order valence-corrected chi connectivity index (χ3v) is 3.73. The Morgan fingerprint density at radius 2 is 2.06 bits per heavy atom. The van der Waals surface area contributed by atoms with Gasteiger partial charge in [-0.05, 0) is 5.41 Å². The average molecular weight is 259 g/mol. The Bertz CT molecular complexity index is 299. The summed E-state index contributed by atoms with van der Waals surface area (Å²) < 4.78 is 0. The zero-order chi connectivity index (χ0) is 13.1. The molecule has 0 spiro atoms. The molecule has 1 saturated heterocycles. The lowest BCUT2D eigenvalue weighted by atomic mass is 9.91. The number of thioether (sulfide) groups is 1. The molecule has 1 aliphatic rings. The van der Waals surface area contributed by atoms with Crippen LogP contribution < -0.4 is 0 Å². The topological polar surface area (TPSA) is 57.6 Å². The quantitative estimate of drug-likeness (QED) is 0.840. The molecule has 1 N–H and O–H groups in total. The Labute approximate surface area is 107 Å². The molecule has 1 atom stereocenters. The molecule has 0 aromatic heterocycles. The first-order valence-electron chi connectivity index (χ1n) is 5.88. The predicted octanol–water partition coefficient (Wildman–Crippen LogP) is 1.84. The minimum absolute atomic E-state index is 0.0462. The van der Waals surface area contributed by atoms with E-state index in [0.29, 0.717) is 13.0 Å². The van der Waals surface area contributed by atoms with Gasteiger partial charge >= 0.3 is 5.97 Å². The number of carboxylic acid groups (broad SMARTS) is 1. The second-order valence-corrected chi connectivity index (χ2v) is 6.80. The van der Waals surface area contributed by atoms with Gasteiger partial charge in [-0.2, -0.15) is 11.8 Å². The van der Waals surface area contributed by atoms with Gasteiger partial charge in [0.15, 0.2) is 0 Å². The fraction of sp³-hybridized carbons (Fsp3) is 0.833. The van der Waals surface area contributed by atoms with E-state index < -0.39 is 5.97 Å². The molecule has 1 unspecified atom stereocenters. The maximum absolute atomic E-state index is 12.1. The summed E-state index contributed by atoms with van der Waals surface area (Å²) in [6.45, 7) is 6.75. The summed E-state index contributed by atoms with van der Waals surface area (Å²) >= 11 is 1.73. The molecule has 4 nitrogen and oxygen atoms in total. The zero-order valence-electron chi connectivity index (χ0n) is 10.7. The van der Waals surface area contributed by atoms with Gasteiger partial charge in [0.05, 0.1) is 12.5 Å². The van der Waals surface area contributed by atoms with Gasteiger partial charge in [0.2, 0.25) is 5.91 Å². The molecule has 5 heteroatoms. The molecular weight excluding hydrogens is 238 g/mol. The molecule has 1 fully saturated rings. The van der Waals surface area contributed by atoms with Gasteiger partial charge in [-0.1, -0.05) is 20.8 Å². The van der Waals surface area contributed by atoms with Gasteiger partial charge in [0, 0.05) is 24.5 Å². The van der Waals surface area contributed by atoms with E-state index in [9.17, 15) is 9.59 Å². The highest BCUT2D eigenvalue weighted by atomic mass is 32.2. The average Bonchev–Trinajstić information content (AvgIpc) is 2.14. The Balaban J connectivity index is 2.64. The zero-order valence-corrected chi connectivity index (χ0v) is 11.5. The van der Waals surface area contributed by atoms with E-state index in [0.717, 1.165) is 11.5 Å². The van der Waals surface area contributed by atoms with E-state index >= 15 is 0 Å². The van der Waals surface area contributed by atoms with Crippen molar-refractivity contribution in [2.24, 2.45) is 5.41 Å². The first kappa shape index (κ1) is 14.4. The van der Waals surface area contributed by atoms with Crippen LogP contribution in [-0.2, 0) is 9.59 Å². The summed E-state index contributed by atoms with van der Waals surface area (Å²) in [5.41, 5.74) is -0.0462. The summed E-state index contributed by atoms with van der Waals surface area (Å²) in [7, 11) is 0. The van der Waals surface area contributed by atoms with Crippen molar-refractivity contribution in [2.75, 3.05) is 18.1 Å². The van der Waals surface area contributed by atoms with Crippen LogP contribution in [0.1, 0.15) is 33.6 Å². The summed E-state index contributed by atoms with van der Waals surface area (Å²) in [6, 6.07) is -0.138. The van der Waals surface area contributed by atoms with Crippen LogP contribution in [0.2, 0.25) is 0 Å². The van der Waals surface area contributed by atoms with E-state index in [1.807, 2.05) is 20.8 Å². The van der Waals surface area contributed by atoms with Crippen molar-refractivity contribution < 1.29 is 14.7 Å². The van der Waals surface area contributed by atoms with Gasteiger partial charge in [0.25, 0.3) is 0 Å². The Morgan fingerprint density at radius 1 is 1.41 bits per heavy atom. The summed E-state index contributed by atoms with van der Waals surface area (Å²) in [6.07, 6.45) is 0.538. The van der Waals surface area contributed by atoms with Crippen molar-refractivity contribution >= 4 is 23.6 Å². The van der Waals surface area contributed by atoms with E-state index in [4.69, 9.17) is 5.11 Å². The third kappa shape index (κ3) is 4.98. The number of rotatable bonds is 3. The van der Waals surface area contributed by atoms with Gasteiger partial charge in [0.1, 0.15) is 0 Å². The number of aliphatic carboxylic acids is 1. The summed E-state index contributed by atoms with van der Waals surface area (Å²) in [4.78, 5) is 24.7. The van der Waals surface area contributed by atoms with E-state index in [2.05, 4.69) is 0 Å². The van der Waals surface area contributed by atoms with Crippen LogP contribution in [0.25, 0.3) is 0 Å². The smallest absolute Gasteiger partial charge is 0.305 e. The highest BCUT2D eigenvalue weighted by Gasteiger charge is 2.30. The van der Waals surface area contributed by atoms with Gasteiger partial charge < -0.3 is 10.0 Å². The Hall–Kier alpha value is -0.710. The van der Waals surface area contributed by atoms with Crippen LogP contribution in [0.4, 0.5) is 0 Å². The first-order valence-corrected chi connectivity index (χ1v) is 7.04. The maximum atomic E-state index is 12.1. The molecule has 1 rings (SSSR count). The van der Waals surface area contributed by atoms with Crippen molar-refractivity contribution in [1.82, 2.24) is 4.90 Å². The lowest BCUT2D eigenvalue weighted by Gasteiger charge is -2.36. The molecule has 17 heavy (non-hydrogen) atoms. The van der Waals surface area contributed by atoms with Crippen LogP contribution >= 0.6 is 11.8 Å². The Kier molecular flexibility index (Phi) is 4.86. The molecule has 1 aliphatic heterocycles. The SMILES string of the molecule is CC(C)(C)CC(=O)N1CCSCC1CC(=O)O. The molecule has 0 saturated carbocycles. The number of carbonyl (C=O) groups is 2. The van der Waals surface area contributed by atoms with Gasteiger partial charge in [-0.15, -0.1) is 0 Å². The van der Waals surface area contributed by atoms with Crippen molar-refractivity contribution in [3.05, 3.63) is 0 Å². The molecule has 1 heterocycles. The molecule has 0 aliphatic carbocycles. The second-order valence-electron chi connectivity index (χ2n) is 5.65. The molecular formula is C12H21NO3S. The van der Waals surface area contributed by atoms with Crippen molar-refractivity contribution in [3.63, 3.8) is 0 Å². The fourth-order valence-corrected chi connectivity index (χ4v) is 2.97. The monoisotopic (exact) mass is 259 g/mol. The highest BCUT2D eigenvalue weighted by Crippen LogP contribution is 2.24. The van der Waals surface area contributed by atoms with Crippen molar-refractivity contribution in [2.45, 2.75) is 39.7 Å². The number of hydrogen-bond donors (Lipinski definition) is 1. The van der Waals surface area contributed by atoms with Gasteiger partial charge in [-0.3, -0.25) is 9.59 Å². The van der Waals surface area contributed by atoms with Crippen molar-refractivity contribution in [1.29, 1.82) is 0 Å². The van der Waals surface area contributed by atoms with Gasteiger partial charge in [-0.25, -0.2) is 0 Å². The largest absolute Gasteiger partial charge is 0.481 e. The summed E-state index contributed by atoms with van der Waals surface area (Å²) in [5, 5.41) is 8.85. The van der Waals surface area contributed by atoms with Crippen molar-refractivity contribution in [3.8, 4) is 0 Å². The van der Waals surface area contributed by atoms with Crippen LogP contribution in [-0.4, -0.2) is 46.0 Å². The van der Waals surface area contributed by atoms with E-state index in [1.165, 1.54) is 0 Å². The Morgan fingerprint density at radius 3 is 2.59 bits per heavy atom. The number of amides is 1. The molecule has 0 aromatic carbocycles. The second kappa shape index (κ2) is 5.76. The third-order valence-electron chi connectivity index (χ3n) is 2.64. The van der Waals surface area contributed by atoms with Crippen LogP contribution in [0, 0.1) is 5.41 Å². The highest BCUT2D eigenvalue weighted by molar-refractivity contribution is 7.99. The normalized spacial score (nSPS) is 21.4. The number of nitrogens with zero attached hydrogens (tertiary/aromatic N) is 1. The summed E-state index contributed by atoms with van der Waals surface area (Å²) in [5.74, 6) is 0.906. The van der Waals surface area contributed by atoms with Crippen LogP contribution in [0.3, 0.4) is 0 Å². The number of carbonyl (C=O) groups excluding carboxylic acids is 1. The molecule has 0 bridgehead atoms.